The molecule has 0 saturated carbocycles. The number of amides is 2. The Balaban J connectivity index is 1.36. The fraction of sp³-hybridized carbons (Fsp3) is 0.323. The maximum Gasteiger partial charge on any atom is 0.407 e. The fourth-order valence-corrected chi connectivity index (χ4v) is 4.82. The van der Waals surface area contributed by atoms with Crippen LogP contribution >= 0.6 is 0 Å². The van der Waals surface area contributed by atoms with Crippen molar-refractivity contribution in [3.63, 3.8) is 0 Å². The summed E-state index contributed by atoms with van der Waals surface area (Å²) in [5.41, 5.74) is 5.28. The molecule has 0 aliphatic heterocycles. The molecule has 0 fully saturated rings. The Morgan fingerprint density at radius 2 is 1.36 bits per heavy atom. The van der Waals surface area contributed by atoms with E-state index < -0.39 is 36.2 Å². The zero-order valence-electron chi connectivity index (χ0n) is 22.3. The van der Waals surface area contributed by atoms with Crippen molar-refractivity contribution in [1.29, 1.82) is 0 Å². The molecule has 3 N–H and O–H groups in total. The fourth-order valence-electron chi connectivity index (χ4n) is 4.82. The quantitative estimate of drug-likeness (QED) is 0.331. The summed E-state index contributed by atoms with van der Waals surface area (Å²) in [6.45, 7) is 5.42. The Morgan fingerprint density at radius 3 is 1.92 bits per heavy atom. The minimum atomic E-state index is -1.30. The van der Waals surface area contributed by atoms with E-state index in [0.717, 1.165) is 27.8 Å². The minimum absolute atomic E-state index is 0.106. The molecule has 8 heteroatoms. The maximum absolute atomic E-state index is 13.1. The highest BCUT2D eigenvalue weighted by Gasteiger charge is 2.33. The predicted octanol–water partition coefficient (Wildman–Crippen LogP) is 4.72. The number of ether oxygens (including phenoxy) is 2. The lowest BCUT2D eigenvalue weighted by Crippen LogP contribution is -2.56. The second-order valence-electron chi connectivity index (χ2n) is 10.0. The number of rotatable bonds is 11. The van der Waals surface area contributed by atoms with Gasteiger partial charge in [-0.1, -0.05) is 92.7 Å². The van der Waals surface area contributed by atoms with Gasteiger partial charge in [-0.05, 0) is 40.7 Å². The van der Waals surface area contributed by atoms with Crippen LogP contribution in [0.25, 0.3) is 11.1 Å². The Morgan fingerprint density at radius 1 is 0.795 bits per heavy atom. The van der Waals surface area contributed by atoms with Gasteiger partial charge in [0.1, 0.15) is 12.6 Å². The molecule has 204 valence electrons. The van der Waals surface area contributed by atoms with E-state index in [1.165, 1.54) is 0 Å². The summed E-state index contributed by atoms with van der Waals surface area (Å²) in [7, 11) is 0. The molecule has 3 aromatic rings. The van der Waals surface area contributed by atoms with Crippen LogP contribution in [-0.4, -0.2) is 47.9 Å². The van der Waals surface area contributed by atoms with Crippen molar-refractivity contribution in [2.45, 2.75) is 51.5 Å². The molecule has 0 spiro atoms. The van der Waals surface area contributed by atoms with Gasteiger partial charge in [0.15, 0.2) is 6.04 Å². The molecule has 3 aromatic carbocycles. The van der Waals surface area contributed by atoms with Gasteiger partial charge in [-0.2, -0.15) is 0 Å². The van der Waals surface area contributed by atoms with Crippen LogP contribution in [0.1, 0.15) is 43.4 Å². The van der Waals surface area contributed by atoms with Crippen LogP contribution in [0, 0.1) is 5.92 Å². The van der Waals surface area contributed by atoms with Crippen LogP contribution in [0.2, 0.25) is 0 Å². The van der Waals surface area contributed by atoms with E-state index in [0.29, 0.717) is 0 Å². The molecule has 1 aliphatic rings. The third kappa shape index (κ3) is 6.64. The van der Waals surface area contributed by atoms with Gasteiger partial charge in [0.25, 0.3) is 0 Å². The summed E-state index contributed by atoms with van der Waals surface area (Å²) in [5, 5.41) is 14.9. The van der Waals surface area contributed by atoms with E-state index >= 15 is 0 Å². The van der Waals surface area contributed by atoms with Crippen molar-refractivity contribution in [1.82, 2.24) is 10.6 Å². The van der Waals surface area contributed by atoms with Gasteiger partial charge in [0.05, 0.1) is 12.7 Å². The number of carboxylic acid groups (broad SMARTS) is 1. The minimum Gasteiger partial charge on any atom is -0.480 e. The van der Waals surface area contributed by atoms with Crippen LogP contribution in [0.15, 0.2) is 78.9 Å². The predicted molar refractivity (Wildman–Crippen MR) is 147 cm³/mol. The average molecular weight is 531 g/mol. The Kier molecular flexibility index (Phi) is 8.99. The van der Waals surface area contributed by atoms with Crippen molar-refractivity contribution in [2.75, 3.05) is 6.61 Å². The average Bonchev–Trinajstić information content (AvgIpc) is 3.26. The van der Waals surface area contributed by atoms with E-state index in [1.807, 2.05) is 66.7 Å². The number of hydrogen-bond donors (Lipinski definition) is 3. The number of carbonyl (C=O) groups excluding carboxylic acids is 2. The molecule has 0 saturated heterocycles. The number of benzene rings is 3. The molecular weight excluding hydrogens is 496 g/mol. The number of hydrogen-bond acceptors (Lipinski definition) is 5. The van der Waals surface area contributed by atoms with Gasteiger partial charge in [-0.15, -0.1) is 0 Å². The van der Waals surface area contributed by atoms with Gasteiger partial charge in [-0.25, -0.2) is 9.59 Å². The van der Waals surface area contributed by atoms with Crippen molar-refractivity contribution in [2.24, 2.45) is 5.92 Å². The second kappa shape index (κ2) is 12.6. The lowest BCUT2D eigenvalue weighted by Gasteiger charge is -2.26. The highest BCUT2D eigenvalue weighted by Crippen LogP contribution is 2.44. The molecule has 1 aliphatic carbocycles. The molecule has 0 unspecified atom stereocenters. The number of fused-ring (bicyclic) bond motifs is 3. The van der Waals surface area contributed by atoms with Gasteiger partial charge < -0.3 is 25.2 Å². The van der Waals surface area contributed by atoms with Gasteiger partial charge in [-0.3, -0.25) is 4.79 Å². The van der Waals surface area contributed by atoms with Crippen LogP contribution in [0.4, 0.5) is 4.79 Å². The van der Waals surface area contributed by atoms with Gasteiger partial charge in [0, 0.05) is 5.92 Å². The number of carboxylic acids is 1. The molecule has 39 heavy (non-hydrogen) atoms. The van der Waals surface area contributed by atoms with Crippen molar-refractivity contribution >= 4 is 18.0 Å². The SMILES string of the molecule is CC(C)[C@H](NC(=O)OCC1c2ccccc2-c2ccccc21)C(=O)N[C@H](C(=O)O)[C@@H](C)OCc1ccccc1. The zero-order chi connectivity index (χ0) is 27.9. The third-order valence-corrected chi connectivity index (χ3v) is 6.96. The molecule has 3 atom stereocenters. The topological polar surface area (TPSA) is 114 Å². The highest BCUT2D eigenvalue weighted by molar-refractivity contribution is 5.89. The smallest absolute Gasteiger partial charge is 0.407 e. The molecule has 8 nitrogen and oxygen atoms in total. The van der Waals surface area contributed by atoms with E-state index in [-0.39, 0.29) is 25.0 Å². The Labute approximate surface area is 228 Å². The van der Waals surface area contributed by atoms with Crippen LogP contribution < -0.4 is 10.6 Å². The first-order valence-corrected chi connectivity index (χ1v) is 13.1. The molecule has 0 aromatic heterocycles. The van der Waals surface area contributed by atoms with E-state index in [4.69, 9.17) is 9.47 Å². The van der Waals surface area contributed by atoms with Crippen molar-refractivity contribution < 1.29 is 29.0 Å². The molecule has 2 amide bonds. The maximum atomic E-state index is 13.1. The summed E-state index contributed by atoms with van der Waals surface area (Å²) in [5.74, 6) is -2.29. The number of alkyl carbamates (subject to hydrolysis) is 1. The lowest BCUT2D eigenvalue weighted by molar-refractivity contribution is -0.147. The number of carbonyl (C=O) groups is 3. The van der Waals surface area contributed by atoms with E-state index in [1.54, 1.807) is 20.8 Å². The van der Waals surface area contributed by atoms with Crippen LogP contribution in [0.5, 0.6) is 0 Å². The summed E-state index contributed by atoms with van der Waals surface area (Å²) >= 11 is 0. The van der Waals surface area contributed by atoms with Gasteiger partial charge >= 0.3 is 12.1 Å². The van der Waals surface area contributed by atoms with Crippen molar-refractivity contribution in [3.05, 3.63) is 95.6 Å². The summed E-state index contributed by atoms with van der Waals surface area (Å²) in [6.07, 6.45) is -1.56. The van der Waals surface area contributed by atoms with E-state index in [9.17, 15) is 19.5 Å². The first kappa shape index (κ1) is 27.9. The Hall–Kier alpha value is -4.17. The normalized spacial score (nSPS) is 14.6. The van der Waals surface area contributed by atoms with Gasteiger partial charge in [0.2, 0.25) is 5.91 Å². The Bertz CT molecular complexity index is 1260. The first-order valence-electron chi connectivity index (χ1n) is 13.1. The van der Waals surface area contributed by atoms with E-state index in [2.05, 4.69) is 22.8 Å². The molecular formula is C31H34N2O6. The van der Waals surface area contributed by atoms with Crippen molar-refractivity contribution in [3.8, 4) is 11.1 Å². The monoisotopic (exact) mass is 530 g/mol. The van der Waals surface area contributed by atoms with Crippen LogP contribution in [-0.2, 0) is 25.7 Å². The summed E-state index contributed by atoms with van der Waals surface area (Å²) in [4.78, 5) is 37.8. The second-order valence-corrected chi connectivity index (χ2v) is 10.0. The number of nitrogens with one attached hydrogen (secondary N) is 2. The van der Waals surface area contributed by atoms with Crippen LogP contribution in [0.3, 0.4) is 0 Å². The third-order valence-electron chi connectivity index (χ3n) is 6.96. The largest absolute Gasteiger partial charge is 0.480 e. The highest BCUT2D eigenvalue weighted by atomic mass is 16.5. The molecule has 0 heterocycles. The lowest BCUT2D eigenvalue weighted by atomic mass is 9.98. The zero-order valence-corrected chi connectivity index (χ0v) is 22.3. The molecule has 0 radical (unpaired) electrons. The molecule has 4 rings (SSSR count). The number of aliphatic carboxylic acids is 1. The standard InChI is InChI=1S/C31H34N2O6/c1-19(2)27(29(34)32-28(30(35)36)20(3)38-17-21-11-5-4-6-12-21)33-31(37)39-18-26-24-15-9-7-13-22(24)23-14-8-10-16-25(23)26/h4-16,19-20,26-28H,17-18H2,1-3H3,(H,32,34)(H,33,37)(H,35,36)/t20-,27+,28+/m1/s1. The first-order chi connectivity index (χ1) is 18.8. The molecule has 0 bridgehead atoms. The summed E-state index contributed by atoms with van der Waals surface area (Å²) in [6, 6.07) is 23.1. The summed E-state index contributed by atoms with van der Waals surface area (Å²) < 4.78 is 11.3.